The molecule has 10 heteroatoms. The highest BCUT2D eigenvalue weighted by Gasteiger charge is 2.32. The molecule has 0 bridgehead atoms. The van der Waals surface area contributed by atoms with Gasteiger partial charge < -0.3 is 9.64 Å². The third kappa shape index (κ3) is 5.10. The molecule has 0 saturated carbocycles. The number of fused-ring (bicyclic) bond motifs is 1. The predicted molar refractivity (Wildman–Crippen MR) is 125 cm³/mol. The Morgan fingerprint density at radius 3 is 2.76 bits per heavy atom. The summed E-state index contributed by atoms with van der Waals surface area (Å²) in [4.78, 5) is 18.7. The highest BCUT2D eigenvalue weighted by Crippen LogP contribution is 2.34. The SMILES string of the molecule is C[C@@H](Oc1ccc2c(-c3ccc(F)cc3Cl)ccnc2c1)C(=O)N1CCC[C@H](S(N)(=O)=O)C1. The molecule has 0 unspecified atom stereocenters. The van der Waals surface area contributed by atoms with Crippen molar-refractivity contribution < 1.29 is 22.3 Å². The number of benzene rings is 2. The van der Waals surface area contributed by atoms with Crippen LogP contribution in [0.15, 0.2) is 48.7 Å². The first-order valence-electron chi connectivity index (χ1n) is 10.4. The number of carbonyl (C=O) groups excluding carboxylic acids is 1. The topological polar surface area (TPSA) is 103 Å². The third-order valence-corrected chi connectivity index (χ3v) is 7.38. The number of piperidine rings is 1. The zero-order chi connectivity index (χ0) is 23.8. The van der Waals surface area contributed by atoms with E-state index in [1.807, 2.05) is 6.07 Å². The molecule has 2 heterocycles. The first-order chi connectivity index (χ1) is 15.6. The second-order valence-corrected chi connectivity index (χ2v) is 10.3. The Kier molecular flexibility index (Phi) is 6.56. The molecule has 2 atom stereocenters. The lowest BCUT2D eigenvalue weighted by Crippen LogP contribution is -2.50. The van der Waals surface area contributed by atoms with Crippen LogP contribution in [0.1, 0.15) is 19.8 Å². The average Bonchev–Trinajstić information content (AvgIpc) is 2.77. The van der Waals surface area contributed by atoms with Crippen LogP contribution in [0.3, 0.4) is 0 Å². The van der Waals surface area contributed by atoms with Crippen molar-refractivity contribution in [3.63, 3.8) is 0 Å². The Balaban J connectivity index is 1.54. The lowest BCUT2D eigenvalue weighted by molar-refractivity contribution is -0.138. The summed E-state index contributed by atoms with van der Waals surface area (Å²) in [6, 6.07) is 11.3. The number of amides is 1. The normalized spacial score (nSPS) is 17.7. The number of rotatable bonds is 5. The van der Waals surface area contributed by atoms with Crippen LogP contribution >= 0.6 is 11.6 Å². The Morgan fingerprint density at radius 1 is 1.24 bits per heavy atom. The van der Waals surface area contributed by atoms with E-state index in [0.29, 0.717) is 41.2 Å². The largest absolute Gasteiger partial charge is 0.481 e. The number of pyridine rings is 1. The standard InChI is InChI=1S/C23H23ClFN3O4S/c1-14(23(29)28-10-2-3-17(13-28)33(26,30)31)32-16-5-7-20-18(8-9-27-22(20)12-16)19-6-4-15(25)11-21(19)24/h4-9,11-12,14,17H,2-3,10,13H2,1H3,(H2,26,30,31)/t14-,17+/m1/s1. The molecule has 2 aromatic carbocycles. The van der Waals surface area contributed by atoms with Gasteiger partial charge in [0.1, 0.15) is 11.6 Å². The molecule has 4 rings (SSSR count). The number of aromatic nitrogens is 1. The Bertz CT molecular complexity index is 1320. The number of hydrogen-bond donors (Lipinski definition) is 1. The molecule has 0 aliphatic carbocycles. The first kappa shape index (κ1) is 23.4. The van der Waals surface area contributed by atoms with Crippen LogP contribution in [-0.2, 0) is 14.8 Å². The van der Waals surface area contributed by atoms with Gasteiger partial charge in [-0.05, 0) is 61.7 Å². The van der Waals surface area contributed by atoms with E-state index in [1.165, 1.54) is 17.0 Å². The number of nitrogens with two attached hydrogens (primary N) is 1. The highest BCUT2D eigenvalue weighted by molar-refractivity contribution is 7.89. The zero-order valence-electron chi connectivity index (χ0n) is 17.9. The minimum atomic E-state index is -3.71. The number of likely N-dealkylation sites (tertiary alicyclic amines) is 1. The van der Waals surface area contributed by atoms with Gasteiger partial charge in [0.2, 0.25) is 10.0 Å². The molecule has 0 radical (unpaired) electrons. The summed E-state index contributed by atoms with van der Waals surface area (Å²) in [7, 11) is -3.71. The monoisotopic (exact) mass is 491 g/mol. The number of hydrogen-bond acceptors (Lipinski definition) is 5. The van der Waals surface area contributed by atoms with Crippen molar-refractivity contribution in [2.75, 3.05) is 13.1 Å². The minimum Gasteiger partial charge on any atom is -0.481 e. The average molecular weight is 492 g/mol. The van der Waals surface area contributed by atoms with Crippen LogP contribution in [-0.4, -0.2) is 48.7 Å². The number of carbonyl (C=O) groups is 1. The first-order valence-corrected chi connectivity index (χ1v) is 12.4. The molecule has 1 fully saturated rings. The van der Waals surface area contributed by atoms with Crippen LogP contribution in [0.25, 0.3) is 22.0 Å². The van der Waals surface area contributed by atoms with Gasteiger partial charge in [-0.1, -0.05) is 11.6 Å². The van der Waals surface area contributed by atoms with Crippen LogP contribution in [0.2, 0.25) is 5.02 Å². The van der Waals surface area contributed by atoms with Gasteiger partial charge in [-0.2, -0.15) is 0 Å². The molecule has 1 aliphatic rings. The van der Waals surface area contributed by atoms with Gasteiger partial charge >= 0.3 is 0 Å². The maximum Gasteiger partial charge on any atom is 0.263 e. The van der Waals surface area contributed by atoms with Crippen molar-refractivity contribution in [3.05, 3.63) is 59.5 Å². The lowest BCUT2D eigenvalue weighted by Gasteiger charge is -2.33. The van der Waals surface area contributed by atoms with Crippen molar-refractivity contribution in [3.8, 4) is 16.9 Å². The molecule has 33 heavy (non-hydrogen) atoms. The summed E-state index contributed by atoms with van der Waals surface area (Å²) in [5.74, 6) is -0.276. The van der Waals surface area contributed by atoms with Gasteiger partial charge in [0.15, 0.2) is 6.10 Å². The number of halogens is 2. The van der Waals surface area contributed by atoms with Crippen molar-refractivity contribution in [1.29, 1.82) is 0 Å². The van der Waals surface area contributed by atoms with Crippen LogP contribution in [0, 0.1) is 5.82 Å². The summed E-state index contributed by atoms with van der Waals surface area (Å²) in [5.41, 5.74) is 2.09. The summed E-state index contributed by atoms with van der Waals surface area (Å²) in [5, 5.41) is 5.59. The highest BCUT2D eigenvalue weighted by atomic mass is 35.5. The number of ether oxygens (including phenoxy) is 1. The maximum atomic E-state index is 13.5. The maximum absolute atomic E-state index is 13.5. The second-order valence-electron chi connectivity index (χ2n) is 8.06. The fraction of sp³-hybridized carbons (Fsp3) is 0.304. The Labute approximate surface area is 196 Å². The minimum absolute atomic E-state index is 0.0619. The smallest absolute Gasteiger partial charge is 0.263 e. The van der Waals surface area contributed by atoms with Crippen molar-refractivity contribution in [1.82, 2.24) is 9.88 Å². The van der Waals surface area contributed by atoms with Crippen LogP contribution in [0.4, 0.5) is 4.39 Å². The molecular formula is C23H23ClFN3O4S. The van der Waals surface area contributed by atoms with Gasteiger partial charge in [-0.25, -0.2) is 17.9 Å². The molecule has 0 spiro atoms. The van der Waals surface area contributed by atoms with Crippen molar-refractivity contribution >= 4 is 38.4 Å². The van der Waals surface area contributed by atoms with E-state index < -0.39 is 27.2 Å². The van der Waals surface area contributed by atoms with Gasteiger partial charge in [0, 0.05) is 36.3 Å². The molecule has 1 amide bonds. The molecule has 2 N–H and O–H groups in total. The quantitative estimate of drug-likeness (QED) is 0.585. The number of primary sulfonamides is 1. The summed E-state index contributed by atoms with van der Waals surface area (Å²) >= 11 is 6.24. The molecule has 1 aromatic heterocycles. The Morgan fingerprint density at radius 2 is 2.03 bits per heavy atom. The predicted octanol–water partition coefficient (Wildman–Crippen LogP) is 3.74. The van der Waals surface area contributed by atoms with Gasteiger partial charge in [-0.15, -0.1) is 0 Å². The van der Waals surface area contributed by atoms with Gasteiger partial charge in [0.05, 0.1) is 15.8 Å². The van der Waals surface area contributed by atoms with E-state index in [1.54, 1.807) is 37.4 Å². The molecule has 3 aromatic rings. The van der Waals surface area contributed by atoms with E-state index >= 15 is 0 Å². The van der Waals surface area contributed by atoms with E-state index in [2.05, 4.69) is 4.98 Å². The molecule has 1 aliphatic heterocycles. The third-order valence-electron chi connectivity index (χ3n) is 5.75. The lowest BCUT2D eigenvalue weighted by atomic mass is 10.0. The van der Waals surface area contributed by atoms with E-state index in [9.17, 15) is 17.6 Å². The molecule has 1 saturated heterocycles. The molecular weight excluding hydrogens is 469 g/mol. The van der Waals surface area contributed by atoms with E-state index in [0.717, 1.165) is 10.9 Å². The van der Waals surface area contributed by atoms with Gasteiger partial charge in [-0.3, -0.25) is 9.78 Å². The van der Waals surface area contributed by atoms with E-state index in [-0.39, 0.29) is 12.5 Å². The Hall–Kier alpha value is -2.75. The summed E-state index contributed by atoms with van der Waals surface area (Å²) < 4.78 is 42.7. The summed E-state index contributed by atoms with van der Waals surface area (Å²) in [6.45, 7) is 2.14. The molecule has 7 nitrogen and oxygen atoms in total. The fourth-order valence-electron chi connectivity index (χ4n) is 4.06. The van der Waals surface area contributed by atoms with Crippen molar-refractivity contribution in [2.45, 2.75) is 31.1 Å². The zero-order valence-corrected chi connectivity index (χ0v) is 19.4. The van der Waals surface area contributed by atoms with E-state index in [4.69, 9.17) is 21.5 Å². The number of sulfonamides is 1. The van der Waals surface area contributed by atoms with Crippen LogP contribution in [0.5, 0.6) is 5.75 Å². The fourth-order valence-corrected chi connectivity index (χ4v) is 5.21. The van der Waals surface area contributed by atoms with Crippen molar-refractivity contribution in [2.24, 2.45) is 5.14 Å². The van der Waals surface area contributed by atoms with Gasteiger partial charge in [0.25, 0.3) is 5.91 Å². The second kappa shape index (κ2) is 9.24. The number of nitrogens with zero attached hydrogens (tertiary/aromatic N) is 2. The summed E-state index contributed by atoms with van der Waals surface area (Å²) in [6.07, 6.45) is 1.80. The van der Waals surface area contributed by atoms with Crippen LogP contribution < -0.4 is 9.88 Å². The molecule has 174 valence electrons.